The zero-order chi connectivity index (χ0) is 12.8. The molecule has 1 aromatic rings. The van der Waals surface area contributed by atoms with Crippen LogP contribution in [-0.4, -0.2) is 25.7 Å². The highest BCUT2D eigenvalue weighted by atomic mass is 19.1. The SMILES string of the molecule is CC(C)NC(C#N)CN(C)c1cccc(F)c1. The number of likely N-dealkylation sites (N-methyl/N-ethyl adjacent to an activating group) is 1. The Morgan fingerprint density at radius 2 is 2.18 bits per heavy atom. The van der Waals surface area contributed by atoms with E-state index >= 15 is 0 Å². The zero-order valence-electron chi connectivity index (χ0n) is 10.4. The lowest BCUT2D eigenvalue weighted by Gasteiger charge is -2.24. The molecule has 1 rings (SSSR count). The monoisotopic (exact) mass is 235 g/mol. The maximum atomic E-state index is 13.0. The first-order valence-corrected chi connectivity index (χ1v) is 5.65. The molecule has 0 aliphatic carbocycles. The Balaban J connectivity index is 2.65. The Morgan fingerprint density at radius 3 is 2.71 bits per heavy atom. The van der Waals surface area contributed by atoms with E-state index in [4.69, 9.17) is 5.26 Å². The molecular formula is C13H18FN3. The van der Waals surface area contributed by atoms with Crippen LogP contribution >= 0.6 is 0 Å². The minimum Gasteiger partial charge on any atom is -0.372 e. The first-order chi connectivity index (χ1) is 8.02. The lowest BCUT2D eigenvalue weighted by Crippen LogP contribution is -2.41. The third-order valence-corrected chi connectivity index (χ3v) is 2.40. The second-order valence-electron chi connectivity index (χ2n) is 4.36. The fourth-order valence-corrected chi connectivity index (χ4v) is 1.63. The van der Waals surface area contributed by atoms with Gasteiger partial charge in [-0.15, -0.1) is 0 Å². The molecule has 1 atom stereocenters. The van der Waals surface area contributed by atoms with Gasteiger partial charge in [-0.2, -0.15) is 5.26 Å². The molecule has 0 amide bonds. The van der Waals surface area contributed by atoms with Crippen LogP contribution in [0, 0.1) is 17.1 Å². The van der Waals surface area contributed by atoms with Crippen molar-refractivity contribution in [2.45, 2.75) is 25.9 Å². The summed E-state index contributed by atoms with van der Waals surface area (Å²) >= 11 is 0. The predicted molar refractivity (Wildman–Crippen MR) is 67.3 cm³/mol. The maximum absolute atomic E-state index is 13.0. The molecule has 3 nitrogen and oxygen atoms in total. The summed E-state index contributed by atoms with van der Waals surface area (Å²) in [5, 5.41) is 12.2. The summed E-state index contributed by atoms with van der Waals surface area (Å²) in [6.45, 7) is 4.51. The van der Waals surface area contributed by atoms with Crippen molar-refractivity contribution in [1.29, 1.82) is 5.26 Å². The molecule has 1 unspecified atom stereocenters. The quantitative estimate of drug-likeness (QED) is 0.850. The van der Waals surface area contributed by atoms with Gasteiger partial charge in [-0.1, -0.05) is 6.07 Å². The first-order valence-electron chi connectivity index (χ1n) is 5.65. The number of hydrogen-bond acceptors (Lipinski definition) is 3. The van der Waals surface area contributed by atoms with E-state index in [9.17, 15) is 4.39 Å². The number of rotatable bonds is 5. The molecule has 17 heavy (non-hydrogen) atoms. The van der Waals surface area contributed by atoms with E-state index in [0.717, 1.165) is 5.69 Å². The highest BCUT2D eigenvalue weighted by Crippen LogP contribution is 2.13. The summed E-state index contributed by atoms with van der Waals surface area (Å²) in [6, 6.07) is 8.55. The van der Waals surface area contributed by atoms with Crippen molar-refractivity contribution in [3.05, 3.63) is 30.1 Å². The van der Waals surface area contributed by atoms with Crippen LogP contribution in [-0.2, 0) is 0 Å². The highest BCUT2D eigenvalue weighted by Gasteiger charge is 2.12. The second-order valence-corrected chi connectivity index (χ2v) is 4.36. The van der Waals surface area contributed by atoms with Crippen molar-refractivity contribution < 1.29 is 4.39 Å². The molecule has 0 heterocycles. The van der Waals surface area contributed by atoms with Gasteiger partial charge in [0, 0.05) is 25.3 Å². The molecule has 92 valence electrons. The van der Waals surface area contributed by atoms with E-state index in [2.05, 4.69) is 11.4 Å². The largest absolute Gasteiger partial charge is 0.372 e. The Bertz CT molecular complexity index is 398. The van der Waals surface area contributed by atoms with Gasteiger partial charge in [0.25, 0.3) is 0 Å². The highest BCUT2D eigenvalue weighted by molar-refractivity contribution is 5.46. The topological polar surface area (TPSA) is 39.1 Å². The van der Waals surface area contributed by atoms with Gasteiger partial charge >= 0.3 is 0 Å². The number of hydrogen-bond donors (Lipinski definition) is 1. The number of nitrogens with zero attached hydrogens (tertiary/aromatic N) is 2. The minimum atomic E-state index is -0.264. The first kappa shape index (κ1) is 13.5. The van der Waals surface area contributed by atoms with Crippen LogP contribution in [0.25, 0.3) is 0 Å². The average molecular weight is 235 g/mol. The van der Waals surface area contributed by atoms with Crippen molar-refractivity contribution >= 4 is 5.69 Å². The number of anilines is 1. The van der Waals surface area contributed by atoms with Crippen molar-refractivity contribution in [2.24, 2.45) is 0 Å². The number of benzene rings is 1. The minimum absolute atomic E-state index is 0.251. The molecule has 0 saturated carbocycles. The van der Waals surface area contributed by atoms with Crippen LogP contribution in [0.2, 0.25) is 0 Å². The summed E-state index contributed by atoms with van der Waals surface area (Å²) in [6.07, 6.45) is 0. The summed E-state index contributed by atoms with van der Waals surface area (Å²) in [5.41, 5.74) is 0.774. The molecule has 0 radical (unpaired) electrons. The summed E-state index contributed by atoms with van der Waals surface area (Å²) in [7, 11) is 1.85. The van der Waals surface area contributed by atoms with Crippen molar-refractivity contribution in [3.63, 3.8) is 0 Å². The van der Waals surface area contributed by atoms with E-state index in [0.29, 0.717) is 6.54 Å². The number of nitrogens with one attached hydrogen (secondary N) is 1. The molecule has 0 aliphatic rings. The third-order valence-electron chi connectivity index (χ3n) is 2.40. The summed E-state index contributed by atoms with van der Waals surface area (Å²) in [4.78, 5) is 1.87. The van der Waals surface area contributed by atoms with Gasteiger partial charge in [-0.3, -0.25) is 5.32 Å². The fourth-order valence-electron chi connectivity index (χ4n) is 1.63. The standard InChI is InChI=1S/C13H18FN3/c1-10(2)16-12(8-15)9-17(3)13-6-4-5-11(14)7-13/h4-7,10,12,16H,9H2,1-3H3. The Morgan fingerprint density at radius 1 is 1.47 bits per heavy atom. The van der Waals surface area contributed by atoms with Crippen molar-refractivity contribution in [3.8, 4) is 6.07 Å². The van der Waals surface area contributed by atoms with Gasteiger partial charge < -0.3 is 4.90 Å². The molecule has 0 fully saturated rings. The van der Waals surface area contributed by atoms with Crippen LogP contribution in [0.1, 0.15) is 13.8 Å². The van der Waals surface area contributed by atoms with E-state index in [-0.39, 0.29) is 17.9 Å². The van der Waals surface area contributed by atoms with Crippen molar-refractivity contribution in [1.82, 2.24) is 5.32 Å². The lowest BCUT2D eigenvalue weighted by atomic mass is 10.2. The normalized spacial score (nSPS) is 12.2. The molecular weight excluding hydrogens is 217 g/mol. The van der Waals surface area contributed by atoms with Gasteiger partial charge in [0.2, 0.25) is 0 Å². The van der Waals surface area contributed by atoms with Gasteiger partial charge in [-0.25, -0.2) is 4.39 Å². The summed E-state index contributed by atoms with van der Waals surface area (Å²) in [5.74, 6) is -0.264. The number of halogens is 1. The smallest absolute Gasteiger partial charge is 0.125 e. The van der Waals surface area contributed by atoms with E-state index in [1.54, 1.807) is 6.07 Å². The second kappa shape index (κ2) is 6.21. The Hall–Kier alpha value is -1.60. The summed E-state index contributed by atoms with van der Waals surface area (Å²) < 4.78 is 13.0. The molecule has 1 aromatic carbocycles. The van der Waals surface area contributed by atoms with Gasteiger partial charge in [-0.05, 0) is 32.0 Å². The van der Waals surface area contributed by atoms with Gasteiger partial charge in [0.15, 0.2) is 0 Å². The average Bonchev–Trinajstić information content (AvgIpc) is 2.27. The van der Waals surface area contributed by atoms with Crippen molar-refractivity contribution in [2.75, 3.05) is 18.5 Å². The molecule has 0 aromatic heterocycles. The molecule has 1 N–H and O–H groups in total. The maximum Gasteiger partial charge on any atom is 0.125 e. The third kappa shape index (κ3) is 4.41. The molecule has 0 aliphatic heterocycles. The van der Waals surface area contributed by atoms with Crippen LogP contribution in [0.3, 0.4) is 0 Å². The molecule has 4 heteroatoms. The van der Waals surface area contributed by atoms with Crippen LogP contribution < -0.4 is 10.2 Å². The fraction of sp³-hybridized carbons (Fsp3) is 0.462. The Labute approximate surface area is 102 Å². The van der Waals surface area contributed by atoms with E-state index < -0.39 is 0 Å². The predicted octanol–water partition coefficient (Wildman–Crippen LogP) is 2.15. The van der Waals surface area contributed by atoms with E-state index in [1.165, 1.54) is 12.1 Å². The van der Waals surface area contributed by atoms with Gasteiger partial charge in [0.1, 0.15) is 11.9 Å². The molecule has 0 saturated heterocycles. The van der Waals surface area contributed by atoms with E-state index in [1.807, 2.05) is 31.9 Å². The van der Waals surface area contributed by atoms with Gasteiger partial charge in [0.05, 0.1) is 6.07 Å². The molecule has 0 bridgehead atoms. The van der Waals surface area contributed by atoms with Crippen LogP contribution in [0.4, 0.5) is 10.1 Å². The lowest BCUT2D eigenvalue weighted by molar-refractivity contribution is 0.528. The molecule has 0 spiro atoms. The zero-order valence-corrected chi connectivity index (χ0v) is 10.4. The van der Waals surface area contributed by atoms with Crippen LogP contribution in [0.5, 0.6) is 0 Å². The number of nitriles is 1. The Kier molecular flexibility index (Phi) is 4.92. The van der Waals surface area contributed by atoms with Crippen LogP contribution in [0.15, 0.2) is 24.3 Å².